The van der Waals surface area contributed by atoms with Crippen LogP contribution in [0.15, 0.2) is 54.7 Å². The molecule has 1 aliphatic heterocycles. The van der Waals surface area contributed by atoms with Gasteiger partial charge in [-0.3, -0.25) is 14.9 Å². The van der Waals surface area contributed by atoms with Gasteiger partial charge in [0.15, 0.2) is 5.69 Å². The van der Waals surface area contributed by atoms with E-state index in [1.54, 1.807) is 19.1 Å². The molecule has 1 N–H and O–H groups in total. The SMILES string of the molecule is Cc1c(C(=O)Nc2ccc(-c3ncc4n3CCCC4)cc2)nnn1-c1cccc([N+](=O)[O-])c1. The van der Waals surface area contributed by atoms with Gasteiger partial charge in [-0.25, -0.2) is 9.67 Å². The first-order valence-corrected chi connectivity index (χ1v) is 10.6. The molecule has 5 rings (SSSR count). The van der Waals surface area contributed by atoms with E-state index >= 15 is 0 Å². The van der Waals surface area contributed by atoms with Crippen LogP contribution in [0.25, 0.3) is 17.1 Å². The third-order valence-corrected chi connectivity index (χ3v) is 5.80. The van der Waals surface area contributed by atoms with Gasteiger partial charge in [-0.15, -0.1) is 5.10 Å². The number of aromatic nitrogens is 5. The van der Waals surface area contributed by atoms with E-state index in [-0.39, 0.29) is 11.4 Å². The predicted molar refractivity (Wildman–Crippen MR) is 121 cm³/mol. The molecule has 1 aliphatic rings. The second-order valence-electron chi connectivity index (χ2n) is 7.93. The van der Waals surface area contributed by atoms with Gasteiger partial charge in [0.05, 0.1) is 16.3 Å². The molecule has 10 heteroatoms. The number of amides is 1. The maximum atomic E-state index is 12.8. The van der Waals surface area contributed by atoms with Gasteiger partial charge in [-0.1, -0.05) is 11.3 Å². The van der Waals surface area contributed by atoms with Gasteiger partial charge >= 0.3 is 0 Å². The highest BCUT2D eigenvalue weighted by atomic mass is 16.6. The van der Waals surface area contributed by atoms with E-state index in [1.165, 1.54) is 28.9 Å². The molecule has 0 atom stereocenters. The van der Waals surface area contributed by atoms with Crippen LogP contribution in [0, 0.1) is 17.0 Å². The number of nitro groups is 1. The molecule has 2 aromatic heterocycles. The Morgan fingerprint density at radius 1 is 1.15 bits per heavy atom. The highest BCUT2D eigenvalue weighted by molar-refractivity contribution is 6.03. The molecule has 10 nitrogen and oxygen atoms in total. The van der Waals surface area contributed by atoms with Crippen molar-refractivity contribution in [2.24, 2.45) is 0 Å². The lowest BCUT2D eigenvalue weighted by molar-refractivity contribution is -0.384. The van der Waals surface area contributed by atoms with Crippen LogP contribution in [-0.4, -0.2) is 35.4 Å². The first kappa shape index (κ1) is 20.6. The predicted octanol–water partition coefficient (Wildman–Crippen LogP) is 3.94. The Labute approximate surface area is 189 Å². The highest BCUT2D eigenvalue weighted by Gasteiger charge is 2.19. The van der Waals surface area contributed by atoms with Crippen molar-refractivity contribution < 1.29 is 9.72 Å². The highest BCUT2D eigenvalue weighted by Crippen LogP contribution is 2.26. The number of nitrogens with one attached hydrogen (secondary N) is 1. The maximum Gasteiger partial charge on any atom is 0.278 e. The fourth-order valence-corrected chi connectivity index (χ4v) is 4.08. The van der Waals surface area contributed by atoms with Crippen molar-refractivity contribution >= 4 is 17.3 Å². The van der Waals surface area contributed by atoms with E-state index in [0.29, 0.717) is 17.1 Å². The maximum absolute atomic E-state index is 12.8. The van der Waals surface area contributed by atoms with Crippen LogP contribution in [0.4, 0.5) is 11.4 Å². The van der Waals surface area contributed by atoms with E-state index in [2.05, 4.69) is 25.2 Å². The molecular formula is C23H21N7O3. The summed E-state index contributed by atoms with van der Waals surface area (Å²) in [6.07, 6.45) is 5.34. The van der Waals surface area contributed by atoms with Crippen molar-refractivity contribution in [3.63, 3.8) is 0 Å². The molecule has 0 saturated heterocycles. The molecule has 0 bridgehead atoms. The third-order valence-electron chi connectivity index (χ3n) is 5.80. The van der Waals surface area contributed by atoms with Crippen LogP contribution < -0.4 is 5.32 Å². The van der Waals surface area contributed by atoms with Gasteiger partial charge in [-0.05, 0) is 56.5 Å². The van der Waals surface area contributed by atoms with Crippen molar-refractivity contribution in [3.8, 4) is 17.1 Å². The summed E-state index contributed by atoms with van der Waals surface area (Å²) in [4.78, 5) is 28.0. The number of anilines is 1. The Morgan fingerprint density at radius 2 is 1.97 bits per heavy atom. The van der Waals surface area contributed by atoms with Crippen LogP contribution >= 0.6 is 0 Å². The Balaban J connectivity index is 1.34. The fraction of sp³-hybridized carbons (Fsp3) is 0.217. The van der Waals surface area contributed by atoms with Gasteiger partial charge in [0.25, 0.3) is 11.6 Å². The van der Waals surface area contributed by atoms with Gasteiger partial charge in [0, 0.05) is 41.8 Å². The Bertz CT molecular complexity index is 1350. The monoisotopic (exact) mass is 443 g/mol. The number of imidazole rings is 1. The molecule has 0 aliphatic carbocycles. The number of aryl methyl sites for hydroxylation is 1. The smallest absolute Gasteiger partial charge is 0.278 e. The molecule has 0 spiro atoms. The second-order valence-corrected chi connectivity index (χ2v) is 7.93. The van der Waals surface area contributed by atoms with Gasteiger partial charge in [0.2, 0.25) is 0 Å². The second kappa shape index (κ2) is 8.30. The summed E-state index contributed by atoms with van der Waals surface area (Å²) in [7, 11) is 0. The van der Waals surface area contributed by atoms with Gasteiger partial charge in [0.1, 0.15) is 5.82 Å². The number of nitro benzene ring substituents is 1. The number of hydrogen-bond acceptors (Lipinski definition) is 6. The Kier molecular flexibility index (Phi) is 5.17. The Hall–Kier alpha value is -4.34. The minimum absolute atomic E-state index is 0.0627. The molecule has 1 amide bonds. The summed E-state index contributed by atoms with van der Waals surface area (Å²) in [5.41, 5.74) is 3.90. The van der Waals surface area contributed by atoms with E-state index in [9.17, 15) is 14.9 Å². The van der Waals surface area contributed by atoms with E-state index in [0.717, 1.165) is 30.8 Å². The third kappa shape index (κ3) is 3.86. The number of rotatable bonds is 5. The van der Waals surface area contributed by atoms with Crippen LogP contribution in [0.1, 0.15) is 34.7 Å². The lowest BCUT2D eigenvalue weighted by atomic mass is 10.1. The molecule has 0 radical (unpaired) electrons. The zero-order chi connectivity index (χ0) is 22.9. The molecule has 0 unspecified atom stereocenters. The zero-order valence-corrected chi connectivity index (χ0v) is 17.9. The van der Waals surface area contributed by atoms with E-state index in [4.69, 9.17) is 0 Å². The number of fused-ring (bicyclic) bond motifs is 1. The lowest BCUT2D eigenvalue weighted by Crippen LogP contribution is -2.14. The Morgan fingerprint density at radius 3 is 2.76 bits per heavy atom. The molecular weight excluding hydrogens is 422 g/mol. The topological polar surface area (TPSA) is 121 Å². The number of nitrogens with zero attached hydrogens (tertiary/aromatic N) is 6. The molecule has 33 heavy (non-hydrogen) atoms. The van der Waals surface area contributed by atoms with Crippen LogP contribution in [-0.2, 0) is 13.0 Å². The van der Waals surface area contributed by atoms with Crippen molar-refractivity contribution in [1.29, 1.82) is 0 Å². The van der Waals surface area contributed by atoms with E-state index < -0.39 is 10.8 Å². The van der Waals surface area contributed by atoms with Crippen LogP contribution in [0.3, 0.4) is 0 Å². The minimum Gasteiger partial charge on any atom is -0.328 e. The largest absolute Gasteiger partial charge is 0.328 e. The standard InChI is InChI=1S/C23H21N7O3/c1-15-21(26-27-29(15)18-6-4-7-19(13-18)30(32)33)23(31)25-17-10-8-16(9-11-17)22-24-14-20-5-2-3-12-28(20)22/h4,6-11,13-14H,2-3,5,12H2,1H3,(H,25,31). The lowest BCUT2D eigenvalue weighted by Gasteiger charge is -2.16. The first-order chi connectivity index (χ1) is 16.0. The number of hydrogen-bond donors (Lipinski definition) is 1. The fourth-order valence-electron chi connectivity index (χ4n) is 4.08. The van der Waals surface area contributed by atoms with Gasteiger partial charge < -0.3 is 9.88 Å². The number of benzene rings is 2. The average Bonchev–Trinajstić information content (AvgIpc) is 3.43. The number of carbonyl (C=O) groups is 1. The minimum atomic E-state index is -0.480. The zero-order valence-electron chi connectivity index (χ0n) is 17.9. The summed E-state index contributed by atoms with van der Waals surface area (Å²) in [5, 5.41) is 21.9. The van der Waals surface area contributed by atoms with Gasteiger partial charge in [-0.2, -0.15) is 0 Å². The van der Waals surface area contributed by atoms with Crippen LogP contribution in [0.5, 0.6) is 0 Å². The number of carbonyl (C=O) groups excluding carboxylic acids is 1. The summed E-state index contributed by atoms with van der Waals surface area (Å²) < 4.78 is 3.67. The molecule has 166 valence electrons. The average molecular weight is 443 g/mol. The summed E-state index contributed by atoms with van der Waals surface area (Å²) in [6.45, 7) is 2.67. The van der Waals surface area contributed by atoms with Crippen molar-refractivity contribution in [1.82, 2.24) is 24.5 Å². The van der Waals surface area contributed by atoms with Crippen molar-refractivity contribution in [2.75, 3.05) is 5.32 Å². The summed E-state index contributed by atoms with van der Waals surface area (Å²) >= 11 is 0. The normalized spacial score (nSPS) is 12.9. The summed E-state index contributed by atoms with van der Waals surface area (Å²) in [6, 6.07) is 13.5. The van der Waals surface area contributed by atoms with Crippen molar-refractivity contribution in [2.45, 2.75) is 32.7 Å². The molecule has 3 heterocycles. The van der Waals surface area contributed by atoms with Crippen molar-refractivity contribution in [3.05, 3.63) is 81.9 Å². The van der Waals surface area contributed by atoms with E-state index in [1.807, 2.05) is 30.5 Å². The summed E-state index contributed by atoms with van der Waals surface area (Å²) in [5.74, 6) is 0.536. The molecule has 0 fully saturated rings. The quantitative estimate of drug-likeness (QED) is 0.368. The molecule has 4 aromatic rings. The first-order valence-electron chi connectivity index (χ1n) is 10.6. The molecule has 0 saturated carbocycles. The van der Waals surface area contributed by atoms with Crippen LogP contribution in [0.2, 0.25) is 0 Å². The number of non-ortho nitro benzene ring substituents is 1. The molecule has 2 aromatic carbocycles.